The van der Waals surface area contributed by atoms with Crippen LogP contribution >= 0.6 is 34.5 Å². The van der Waals surface area contributed by atoms with E-state index < -0.39 is 11.9 Å². The number of nitrogens with one attached hydrogen (secondary N) is 2. The number of nitrogens with zero attached hydrogens (tertiary/aromatic N) is 1. The summed E-state index contributed by atoms with van der Waals surface area (Å²) in [4.78, 5) is 29.8. The molecule has 3 aromatic rings. The first-order chi connectivity index (χ1) is 10.4. The van der Waals surface area contributed by atoms with E-state index in [9.17, 15) is 9.59 Å². The van der Waals surface area contributed by atoms with Crippen LogP contribution in [0.4, 0.5) is 5.13 Å². The summed E-state index contributed by atoms with van der Waals surface area (Å²) < 4.78 is 0.665. The van der Waals surface area contributed by atoms with Gasteiger partial charge in [-0.15, -0.1) is 0 Å². The Morgan fingerprint density at radius 2 is 2.05 bits per heavy atom. The fourth-order valence-electron chi connectivity index (χ4n) is 1.80. The lowest BCUT2D eigenvalue weighted by atomic mass is 10.2. The molecule has 0 unspecified atom stereocenters. The van der Waals surface area contributed by atoms with Gasteiger partial charge < -0.3 is 10.1 Å². The number of thiazole rings is 1. The van der Waals surface area contributed by atoms with Crippen molar-refractivity contribution in [1.29, 1.82) is 0 Å². The van der Waals surface area contributed by atoms with Crippen molar-refractivity contribution in [3.63, 3.8) is 0 Å². The molecule has 2 heterocycles. The number of fused-ring (bicyclic) bond motifs is 1. The van der Waals surface area contributed by atoms with Gasteiger partial charge in [-0.1, -0.05) is 34.5 Å². The molecule has 0 aliphatic carbocycles. The van der Waals surface area contributed by atoms with Crippen LogP contribution in [-0.4, -0.2) is 27.0 Å². The Morgan fingerprint density at radius 3 is 2.68 bits per heavy atom. The number of carbonyl (C=O) groups excluding carboxylic acids is 1. The highest BCUT2D eigenvalue weighted by molar-refractivity contribution is 7.22. The Hall–Kier alpha value is -2.09. The number of halogens is 2. The van der Waals surface area contributed by atoms with Gasteiger partial charge in [0.25, 0.3) is 5.91 Å². The van der Waals surface area contributed by atoms with Gasteiger partial charge in [0, 0.05) is 0 Å². The fraction of sp³-hybridized carbons (Fsp3) is 0. The number of rotatable bonds is 3. The first-order valence-electron chi connectivity index (χ1n) is 5.93. The molecule has 0 radical (unpaired) electrons. The van der Waals surface area contributed by atoms with E-state index in [1.807, 2.05) is 0 Å². The number of carbonyl (C=O) groups is 2. The highest BCUT2D eigenvalue weighted by Crippen LogP contribution is 2.28. The van der Waals surface area contributed by atoms with Crippen LogP contribution in [0.15, 0.2) is 24.3 Å². The van der Waals surface area contributed by atoms with Gasteiger partial charge in [0.15, 0.2) is 5.13 Å². The van der Waals surface area contributed by atoms with Gasteiger partial charge in [0.2, 0.25) is 0 Å². The van der Waals surface area contributed by atoms with Crippen molar-refractivity contribution < 1.29 is 14.7 Å². The highest BCUT2D eigenvalue weighted by Gasteiger charge is 2.14. The number of hydrogen-bond donors (Lipinski definition) is 3. The molecule has 1 aromatic carbocycles. The molecule has 0 saturated carbocycles. The third kappa shape index (κ3) is 2.78. The van der Waals surface area contributed by atoms with E-state index in [1.165, 1.54) is 29.5 Å². The van der Waals surface area contributed by atoms with Crippen LogP contribution in [0, 0.1) is 0 Å². The minimum absolute atomic E-state index is 0.164. The van der Waals surface area contributed by atoms with Crippen LogP contribution in [0.5, 0.6) is 0 Å². The Balaban J connectivity index is 1.87. The van der Waals surface area contributed by atoms with E-state index in [2.05, 4.69) is 15.3 Å². The van der Waals surface area contributed by atoms with Crippen LogP contribution in [0.2, 0.25) is 10.2 Å². The zero-order chi connectivity index (χ0) is 15.9. The van der Waals surface area contributed by atoms with Gasteiger partial charge in [-0.2, -0.15) is 0 Å². The average Bonchev–Trinajstić information content (AvgIpc) is 3.01. The average molecular weight is 356 g/mol. The summed E-state index contributed by atoms with van der Waals surface area (Å²) in [6.45, 7) is 0. The maximum absolute atomic E-state index is 12.0. The summed E-state index contributed by atoms with van der Waals surface area (Å²) in [6.07, 6.45) is 0. The van der Waals surface area contributed by atoms with Crippen molar-refractivity contribution in [1.82, 2.24) is 9.97 Å². The number of benzene rings is 1. The Morgan fingerprint density at radius 1 is 1.27 bits per heavy atom. The van der Waals surface area contributed by atoms with Crippen molar-refractivity contribution in [2.24, 2.45) is 0 Å². The van der Waals surface area contributed by atoms with E-state index in [0.717, 1.165) is 0 Å². The number of anilines is 1. The molecular weight excluding hydrogens is 349 g/mol. The van der Waals surface area contributed by atoms with E-state index in [4.69, 9.17) is 28.3 Å². The monoisotopic (exact) mass is 355 g/mol. The Kier molecular flexibility index (Phi) is 3.78. The standard InChI is InChI=1S/C13H7Cl2N3O3S/c14-6-4-8(16-10(6)15)11(19)18-13-17-7-2-1-5(12(20)21)3-9(7)22-13/h1-4,16H,(H,20,21)(H,17,18,19). The molecule has 3 N–H and O–H groups in total. The van der Waals surface area contributed by atoms with Crippen molar-refractivity contribution >= 4 is 61.8 Å². The summed E-state index contributed by atoms with van der Waals surface area (Å²) in [5, 5.41) is 12.4. The summed E-state index contributed by atoms with van der Waals surface area (Å²) in [5.74, 6) is -1.46. The zero-order valence-corrected chi connectivity index (χ0v) is 13.0. The van der Waals surface area contributed by atoms with Crippen LogP contribution in [-0.2, 0) is 0 Å². The molecular formula is C13H7Cl2N3O3S. The number of aromatic carboxylic acids is 1. The molecule has 6 nitrogen and oxygen atoms in total. The predicted molar refractivity (Wildman–Crippen MR) is 85.3 cm³/mol. The van der Waals surface area contributed by atoms with Crippen molar-refractivity contribution in [3.8, 4) is 0 Å². The largest absolute Gasteiger partial charge is 0.478 e. The van der Waals surface area contributed by atoms with Crippen molar-refractivity contribution in [2.45, 2.75) is 0 Å². The molecule has 0 spiro atoms. The predicted octanol–water partition coefficient (Wildman–Crippen LogP) is 3.88. The van der Waals surface area contributed by atoms with E-state index in [1.54, 1.807) is 6.07 Å². The number of hydrogen-bond acceptors (Lipinski definition) is 4. The van der Waals surface area contributed by atoms with Gasteiger partial charge in [-0.05, 0) is 24.3 Å². The van der Waals surface area contributed by atoms with Gasteiger partial charge in [0.05, 0.1) is 20.8 Å². The highest BCUT2D eigenvalue weighted by atomic mass is 35.5. The SMILES string of the molecule is O=C(O)c1ccc2nc(NC(=O)c3cc(Cl)c(Cl)[nH]3)sc2c1. The lowest BCUT2D eigenvalue weighted by molar-refractivity contribution is 0.0697. The topological polar surface area (TPSA) is 95.1 Å². The summed E-state index contributed by atoms with van der Waals surface area (Å²) >= 11 is 12.7. The fourth-order valence-corrected chi connectivity index (χ4v) is 3.01. The minimum atomic E-state index is -1.02. The number of carboxylic acids is 1. The lowest BCUT2D eigenvalue weighted by Gasteiger charge is -1.97. The van der Waals surface area contributed by atoms with Gasteiger partial charge in [0.1, 0.15) is 10.8 Å². The van der Waals surface area contributed by atoms with Crippen LogP contribution in [0.1, 0.15) is 20.8 Å². The Labute approximate surface area is 137 Å². The number of aromatic amines is 1. The molecule has 0 aliphatic rings. The molecule has 0 aliphatic heterocycles. The first kappa shape index (κ1) is 14.8. The maximum Gasteiger partial charge on any atom is 0.335 e. The molecule has 1 amide bonds. The second-order valence-electron chi connectivity index (χ2n) is 4.31. The zero-order valence-electron chi connectivity index (χ0n) is 10.7. The third-order valence-electron chi connectivity index (χ3n) is 2.83. The molecule has 2 aromatic heterocycles. The number of aromatic nitrogens is 2. The van der Waals surface area contributed by atoms with E-state index in [-0.39, 0.29) is 21.4 Å². The molecule has 9 heteroatoms. The van der Waals surface area contributed by atoms with E-state index in [0.29, 0.717) is 15.3 Å². The second kappa shape index (κ2) is 5.60. The second-order valence-corrected chi connectivity index (χ2v) is 6.12. The van der Waals surface area contributed by atoms with Gasteiger partial charge in [-0.25, -0.2) is 9.78 Å². The van der Waals surface area contributed by atoms with Crippen LogP contribution < -0.4 is 5.32 Å². The van der Waals surface area contributed by atoms with Crippen molar-refractivity contribution in [2.75, 3.05) is 5.32 Å². The first-order valence-corrected chi connectivity index (χ1v) is 7.50. The lowest BCUT2D eigenvalue weighted by Crippen LogP contribution is -2.11. The number of H-pyrrole nitrogens is 1. The number of carboxylic acid groups (broad SMARTS) is 1. The molecule has 0 bridgehead atoms. The molecule has 22 heavy (non-hydrogen) atoms. The molecule has 3 rings (SSSR count). The summed E-state index contributed by atoms with van der Waals surface area (Å²) in [7, 11) is 0. The minimum Gasteiger partial charge on any atom is -0.478 e. The van der Waals surface area contributed by atoms with Gasteiger partial charge in [-0.3, -0.25) is 10.1 Å². The Bertz CT molecular complexity index is 884. The van der Waals surface area contributed by atoms with Crippen LogP contribution in [0.3, 0.4) is 0 Å². The normalized spacial score (nSPS) is 10.8. The maximum atomic E-state index is 12.0. The van der Waals surface area contributed by atoms with Crippen LogP contribution in [0.25, 0.3) is 10.2 Å². The van der Waals surface area contributed by atoms with E-state index >= 15 is 0 Å². The molecule has 0 atom stereocenters. The summed E-state index contributed by atoms with van der Waals surface area (Å²) in [6, 6.07) is 5.97. The van der Waals surface area contributed by atoms with Gasteiger partial charge >= 0.3 is 5.97 Å². The molecule has 0 saturated heterocycles. The van der Waals surface area contributed by atoms with Crippen molar-refractivity contribution in [3.05, 3.63) is 45.7 Å². The quantitative estimate of drug-likeness (QED) is 0.664. The number of amides is 1. The third-order valence-corrected chi connectivity index (χ3v) is 4.45. The molecule has 0 fully saturated rings. The smallest absolute Gasteiger partial charge is 0.335 e. The summed E-state index contributed by atoms with van der Waals surface area (Å²) in [5.41, 5.74) is 0.977. The molecule has 112 valence electrons.